The van der Waals surface area contributed by atoms with Crippen LogP contribution in [0, 0.1) is 0 Å². The van der Waals surface area contributed by atoms with Gasteiger partial charge in [-0.2, -0.15) is 0 Å². The number of nitrogens with one attached hydrogen (secondary N) is 1. The van der Waals surface area contributed by atoms with Crippen molar-refractivity contribution < 1.29 is 15.0 Å². The topological polar surface area (TPSA) is 69.6 Å². The van der Waals surface area contributed by atoms with Gasteiger partial charge in [0.25, 0.3) is 0 Å². The zero-order valence-corrected chi connectivity index (χ0v) is 37.8. The number of amides is 1. The molecule has 0 saturated heterocycles. The molecule has 0 aromatic rings. The predicted octanol–water partition coefficient (Wildman–Crippen LogP) is 15.9. The Balaban J connectivity index is 3.60. The average molecular weight is 794 g/mol. The fourth-order valence-corrected chi connectivity index (χ4v) is 7.19. The third kappa shape index (κ3) is 44.8. The SMILES string of the molecule is CC/C=C\C/C=C\C/C=C\C/C=C\CCCCCCCCCCCCC(=O)NC(CO)C(O)/C=C/CC/C=C/CCCCCCCCCCCCCCCCCC. The number of hydrogen-bond acceptors (Lipinski definition) is 3. The van der Waals surface area contributed by atoms with Crippen LogP contribution in [0.2, 0.25) is 0 Å². The summed E-state index contributed by atoms with van der Waals surface area (Å²) in [7, 11) is 0. The lowest BCUT2D eigenvalue weighted by Gasteiger charge is -2.19. The number of allylic oxidation sites excluding steroid dienone is 11. The summed E-state index contributed by atoms with van der Waals surface area (Å²) in [6.07, 6.45) is 68.9. The molecule has 2 unspecified atom stereocenters. The van der Waals surface area contributed by atoms with Crippen LogP contribution in [0.25, 0.3) is 0 Å². The summed E-state index contributed by atoms with van der Waals surface area (Å²) in [5.74, 6) is -0.0798. The molecule has 0 radical (unpaired) electrons. The molecule has 4 nitrogen and oxygen atoms in total. The molecule has 0 bridgehead atoms. The number of carbonyl (C=O) groups is 1. The Labute approximate surface area is 355 Å². The number of carbonyl (C=O) groups excluding carboxylic acids is 1. The third-order valence-electron chi connectivity index (χ3n) is 10.9. The third-order valence-corrected chi connectivity index (χ3v) is 10.9. The van der Waals surface area contributed by atoms with E-state index in [9.17, 15) is 15.0 Å². The minimum Gasteiger partial charge on any atom is -0.394 e. The van der Waals surface area contributed by atoms with Gasteiger partial charge in [0.2, 0.25) is 5.91 Å². The molecule has 0 saturated carbocycles. The summed E-state index contributed by atoms with van der Waals surface area (Å²) in [5.41, 5.74) is 0. The molecule has 0 aromatic carbocycles. The Hall–Kier alpha value is -2.17. The van der Waals surface area contributed by atoms with E-state index in [0.717, 1.165) is 57.8 Å². The van der Waals surface area contributed by atoms with E-state index < -0.39 is 12.1 Å². The van der Waals surface area contributed by atoms with Gasteiger partial charge in [-0.3, -0.25) is 4.79 Å². The molecular weight excluding hydrogens is 699 g/mol. The molecule has 4 heteroatoms. The van der Waals surface area contributed by atoms with Gasteiger partial charge in [0.1, 0.15) is 0 Å². The molecule has 330 valence electrons. The maximum Gasteiger partial charge on any atom is 0.220 e. The van der Waals surface area contributed by atoms with Crippen LogP contribution < -0.4 is 5.32 Å². The first-order valence-corrected chi connectivity index (χ1v) is 24.7. The van der Waals surface area contributed by atoms with Crippen LogP contribution in [0.4, 0.5) is 0 Å². The maximum absolute atomic E-state index is 12.4. The van der Waals surface area contributed by atoms with Crippen molar-refractivity contribution in [2.24, 2.45) is 0 Å². The number of aliphatic hydroxyl groups is 2. The van der Waals surface area contributed by atoms with Crippen LogP contribution in [0.5, 0.6) is 0 Å². The highest BCUT2D eigenvalue weighted by atomic mass is 16.3. The van der Waals surface area contributed by atoms with E-state index in [0.29, 0.717) is 6.42 Å². The summed E-state index contributed by atoms with van der Waals surface area (Å²) >= 11 is 0. The van der Waals surface area contributed by atoms with Crippen molar-refractivity contribution in [2.75, 3.05) is 6.61 Å². The fraction of sp³-hybridized carbons (Fsp3) is 0.755. The minimum absolute atomic E-state index is 0.0798. The van der Waals surface area contributed by atoms with Crippen LogP contribution >= 0.6 is 0 Å². The molecule has 0 aromatic heterocycles. The van der Waals surface area contributed by atoms with Crippen molar-refractivity contribution in [2.45, 2.75) is 251 Å². The van der Waals surface area contributed by atoms with E-state index in [1.54, 1.807) is 6.08 Å². The smallest absolute Gasteiger partial charge is 0.220 e. The summed E-state index contributed by atoms with van der Waals surface area (Å²) < 4.78 is 0. The van der Waals surface area contributed by atoms with Gasteiger partial charge in [0.15, 0.2) is 0 Å². The number of aliphatic hydroxyl groups excluding tert-OH is 2. The lowest BCUT2D eigenvalue weighted by molar-refractivity contribution is -0.123. The van der Waals surface area contributed by atoms with E-state index in [2.05, 4.69) is 79.9 Å². The highest BCUT2D eigenvalue weighted by Gasteiger charge is 2.17. The minimum atomic E-state index is -0.868. The van der Waals surface area contributed by atoms with Gasteiger partial charge in [-0.25, -0.2) is 0 Å². The van der Waals surface area contributed by atoms with E-state index in [-0.39, 0.29) is 12.5 Å². The Bertz CT molecular complexity index is 992. The van der Waals surface area contributed by atoms with Crippen LogP contribution in [0.3, 0.4) is 0 Å². The molecule has 0 heterocycles. The molecule has 2 atom stereocenters. The number of unbranched alkanes of at least 4 members (excludes halogenated alkanes) is 27. The van der Waals surface area contributed by atoms with Crippen molar-refractivity contribution in [3.63, 3.8) is 0 Å². The van der Waals surface area contributed by atoms with E-state index in [1.165, 1.54) is 161 Å². The fourth-order valence-electron chi connectivity index (χ4n) is 7.19. The standard InChI is InChI=1S/C53H95NO3/c1-3-5-7-9-11-13-15-17-19-21-23-25-27-29-31-33-35-37-39-41-43-45-47-49-53(57)54-51(50-55)52(56)48-46-44-42-40-38-36-34-32-30-28-26-24-22-20-18-16-14-12-10-8-6-4-2/h5,7,11,13,17,19,23,25,38,40,46,48,51-52,55-56H,3-4,6,8-10,12,14-16,18,20-22,24,26-37,39,41-45,47,49-50H2,1-2H3,(H,54,57)/b7-5-,13-11-,19-17-,25-23-,40-38+,48-46+. The monoisotopic (exact) mass is 794 g/mol. The number of hydrogen-bond donors (Lipinski definition) is 3. The Morgan fingerprint density at radius 1 is 0.439 bits per heavy atom. The second-order valence-electron chi connectivity index (χ2n) is 16.5. The van der Waals surface area contributed by atoms with Crippen molar-refractivity contribution in [3.05, 3.63) is 72.9 Å². The molecule has 1 amide bonds. The van der Waals surface area contributed by atoms with Gasteiger partial charge in [-0.05, 0) is 70.6 Å². The molecule has 0 rings (SSSR count). The Morgan fingerprint density at radius 3 is 1.23 bits per heavy atom. The van der Waals surface area contributed by atoms with Crippen LogP contribution in [0.15, 0.2) is 72.9 Å². The molecule has 57 heavy (non-hydrogen) atoms. The summed E-state index contributed by atoms with van der Waals surface area (Å²) in [6.45, 7) is 4.19. The second-order valence-corrected chi connectivity index (χ2v) is 16.5. The first kappa shape index (κ1) is 54.8. The zero-order valence-electron chi connectivity index (χ0n) is 37.8. The lowest BCUT2D eigenvalue weighted by Crippen LogP contribution is -2.45. The molecule has 0 aliphatic heterocycles. The zero-order chi connectivity index (χ0) is 41.4. The first-order chi connectivity index (χ1) is 28.2. The normalized spacial score (nSPS) is 13.5. The van der Waals surface area contributed by atoms with E-state index in [1.807, 2.05) is 6.08 Å². The van der Waals surface area contributed by atoms with Crippen LogP contribution in [-0.2, 0) is 4.79 Å². The van der Waals surface area contributed by atoms with E-state index >= 15 is 0 Å². The summed E-state index contributed by atoms with van der Waals surface area (Å²) in [6, 6.07) is -0.645. The van der Waals surface area contributed by atoms with Gasteiger partial charge in [0, 0.05) is 6.42 Å². The van der Waals surface area contributed by atoms with Gasteiger partial charge in [-0.15, -0.1) is 0 Å². The van der Waals surface area contributed by atoms with Gasteiger partial charge in [0.05, 0.1) is 18.8 Å². The Kier molecular flexibility index (Phi) is 46.4. The molecule has 0 fully saturated rings. The van der Waals surface area contributed by atoms with Crippen molar-refractivity contribution in [3.8, 4) is 0 Å². The Morgan fingerprint density at radius 2 is 0.789 bits per heavy atom. The molecule has 0 aliphatic rings. The van der Waals surface area contributed by atoms with Crippen molar-refractivity contribution in [1.82, 2.24) is 5.32 Å². The van der Waals surface area contributed by atoms with Crippen LogP contribution in [-0.4, -0.2) is 34.9 Å². The number of rotatable bonds is 44. The van der Waals surface area contributed by atoms with Gasteiger partial charge >= 0.3 is 0 Å². The largest absolute Gasteiger partial charge is 0.394 e. The summed E-state index contributed by atoms with van der Waals surface area (Å²) in [4.78, 5) is 12.4. The maximum atomic E-state index is 12.4. The average Bonchev–Trinajstić information content (AvgIpc) is 3.22. The van der Waals surface area contributed by atoms with Gasteiger partial charge in [-0.1, -0.05) is 234 Å². The first-order valence-electron chi connectivity index (χ1n) is 24.7. The quantitative estimate of drug-likeness (QED) is 0.0425. The highest BCUT2D eigenvalue weighted by molar-refractivity contribution is 5.76. The van der Waals surface area contributed by atoms with Crippen molar-refractivity contribution in [1.29, 1.82) is 0 Å². The molecule has 0 spiro atoms. The lowest BCUT2D eigenvalue weighted by atomic mass is 10.0. The summed E-state index contributed by atoms with van der Waals surface area (Å²) in [5, 5.41) is 23.1. The molecular formula is C53H95NO3. The van der Waals surface area contributed by atoms with Gasteiger partial charge < -0.3 is 15.5 Å². The predicted molar refractivity (Wildman–Crippen MR) is 253 cm³/mol. The van der Waals surface area contributed by atoms with Crippen LogP contribution in [0.1, 0.15) is 239 Å². The van der Waals surface area contributed by atoms with Crippen molar-refractivity contribution >= 4 is 5.91 Å². The second kappa shape index (κ2) is 48.2. The molecule has 3 N–H and O–H groups in total. The molecule has 0 aliphatic carbocycles. The highest BCUT2D eigenvalue weighted by Crippen LogP contribution is 2.15. The van der Waals surface area contributed by atoms with E-state index in [4.69, 9.17) is 0 Å².